The van der Waals surface area contributed by atoms with Crippen molar-refractivity contribution >= 4 is 34.9 Å². The summed E-state index contributed by atoms with van der Waals surface area (Å²) in [5, 5.41) is 5.93. The van der Waals surface area contributed by atoms with Crippen molar-refractivity contribution < 1.29 is 19.1 Å². The Bertz CT molecular complexity index is 1230. The molecule has 1 fully saturated rings. The van der Waals surface area contributed by atoms with Crippen molar-refractivity contribution in [2.24, 2.45) is 0 Å². The van der Waals surface area contributed by atoms with E-state index in [9.17, 15) is 9.59 Å². The van der Waals surface area contributed by atoms with E-state index >= 15 is 0 Å². The van der Waals surface area contributed by atoms with Crippen molar-refractivity contribution in [3.8, 4) is 5.75 Å². The number of carbonyl (C=O) groups excluding carboxylic acids is 2. The Balaban J connectivity index is 1.56. The van der Waals surface area contributed by atoms with Crippen LogP contribution in [0, 0.1) is 0 Å². The Morgan fingerprint density at radius 1 is 0.919 bits per heavy atom. The summed E-state index contributed by atoms with van der Waals surface area (Å²) < 4.78 is 10.8. The number of anilines is 4. The number of ether oxygens (including phenoxy) is 2. The lowest BCUT2D eigenvalue weighted by Crippen LogP contribution is -2.49. The van der Waals surface area contributed by atoms with Gasteiger partial charge in [0.25, 0.3) is 5.91 Å². The molecule has 37 heavy (non-hydrogen) atoms. The first kappa shape index (κ1) is 25.8. The number of pyridine rings is 1. The van der Waals surface area contributed by atoms with Crippen molar-refractivity contribution in [1.82, 2.24) is 9.88 Å². The number of rotatable bonds is 6. The molecule has 1 saturated heterocycles. The highest BCUT2D eigenvalue weighted by Crippen LogP contribution is 2.28. The Hall–Kier alpha value is -4.27. The molecule has 0 unspecified atom stereocenters. The molecule has 2 N–H and O–H groups in total. The highest BCUT2D eigenvalue weighted by molar-refractivity contribution is 5.95. The summed E-state index contributed by atoms with van der Waals surface area (Å²) in [6.07, 6.45) is -0.614. The Kier molecular flexibility index (Phi) is 7.81. The number of para-hydroxylation sites is 3. The third-order valence-corrected chi connectivity index (χ3v) is 5.75. The molecule has 0 radical (unpaired) electrons. The number of hydrogen-bond donors (Lipinski definition) is 2. The number of nitrogens with zero attached hydrogens (tertiary/aromatic N) is 3. The van der Waals surface area contributed by atoms with Crippen molar-refractivity contribution in [3.05, 3.63) is 72.4 Å². The van der Waals surface area contributed by atoms with Crippen LogP contribution in [0.2, 0.25) is 0 Å². The summed E-state index contributed by atoms with van der Waals surface area (Å²) in [4.78, 5) is 34.6. The van der Waals surface area contributed by atoms with Gasteiger partial charge in [0.15, 0.2) is 0 Å². The second-order valence-electron chi connectivity index (χ2n) is 9.69. The predicted molar refractivity (Wildman–Crippen MR) is 145 cm³/mol. The molecule has 4 rings (SSSR count). The third kappa shape index (κ3) is 6.91. The van der Waals surface area contributed by atoms with Crippen LogP contribution >= 0.6 is 0 Å². The molecule has 2 amide bonds. The molecule has 9 heteroatoms. The first-order valence-electron chi connectivity index (χ1n) is 12.2. The molecule has 9 nitrogen and oxygen atoms in total. The number of aromatic nitrogens is 1. The van der Waals surface area contributed by atoms with Gasteiger partial charge in [0.2, 0.25) is 0 Å². The summed E-state index contributed by atoms with van der Waals surface area (Å²) in [6, 6.07) is 20.8. The van der Waals surface area contributed by atoms with Gasteiger partial charge in [-0.05, 0) is 51.1 Å². The molecular formula is C28H33N5O4. The molecule has 1 aliphatic heterocycles. The SMILES string of the molecule is COc1ccccc1Nc1cc(NC(=O)OC(C)(C)C)cc(C(=O)N2CCN(c3ccccc3)CC2)n1. The number of methoxy groups -OCH3 is 1. The zero-order chi connectivity index (χ0) is 26.4. The van der Waals surface area contributed by atoms with E-state index in [0.29, 0.717) is 36.0 Å². The second kappa shape index (κ2) is 11.2. The minimum atomic E-state index is -0.660. The molecule has 0 saturated carbocycles. The molecule has 0 bridgehead atoms. The van der Waals surface area contributed by atoms with Crippen LogP contribution in [0.25, 0.3) is 0 Å². The zero-order valence-corrected chi connectivity index (χ0v) is 21.7. The maximum Gasteiger partial charge on any atom is 0.412 e. The summed E-state index contributed by atoms with van der Waals surface area (Å²) in [7, 11) is 1.58. The zero-order valence-electron chi connectivity index (χ0n) is 21.7. The lowest BCUT2D eigenvalue weighted by Gasteiger charge is -2.36. The molecule has 0 atom stereocenters. The second-order valence-corrected chi connectivity index (χ2v) is 9.69. The average molecular weight is 504 g/mol. The fourth-order valence-electron chi connectivity index (χ4n) is 4.05. The maximum atomic E-state index is 13.5. The quantitative estimate of drug-likeness (QED) is 0.481. The van der Waals surface area contributed by atoms with Gasteiger partial charge in [0.1, 0.15) is 22.9 Å². The van der Waals surface area contributed by atoms with Crippen LogP contribution in [0.1, 0.15) is 31.3 Å². The highest BCUT2D eigenvalue weighted by Gasteiger charge is 2.25. The minimum absolute atomic E-state index is 0.205. The highest BCUT2D eigenvalue weighted by atomic mass is 16.6. The lowest BCUT2D eigenvalue weighted by atomic mass is 10.2. The molecule has 2 aromatic carbocycles. The normalized spacial score (nSPS) is 13.6. The molecule has 194 valence electrons. The van der Waals surface area contributed by atoms with E-state index in [4.69, 9.17) is 9.47 Å². The summed E-state index contributed by atoms with van der Waals surface area (Å²) >= 11 is 0. The first-order chi connectivity index (χ1) is 17.7. The smallest absolute Gasteiger partial charge is 0.412 e. The van der Waals surface area contributed by atoms with Crippen LogP contribution in [-0.4, -0.2) is 60.8 Å². The van der Waals surface area contributed by atoms with Crippen molar-refractivity contribution in [2.45, 2.75) is 26.4 Å². The van der Waals surface area contributed by atoms with Gasteiger partial charge in [-0.25, -0.2) is 9.78 Å². The van der Waals surface area contributed by atoms with E-state index in [-0.39, 0.29) is 11.6 Å². The summed E-state index contributed by atoms with van der Waals surface area (Å²) in [6.45, 7) is 7.94. The van der Waals surface area contributed by atoms with Gasteiger partial charge in [-0.15, -0.1) is 0 Å². The maximum absolute atomic E-state index is 13.5. The summed E-state index contributed by atoms with van der Waals surface area (Å²) in [5.41, 5.74) is 1.78. The number of benzene rings is 2. The van der Waals surface area contributed by atoms with Gasteiger partial charge in [0, 0.05) is 37.9 Å². The van der Waals surface area contributed by atoms with Gasteiger partial charge in [-0.2, -0.15) is 0 Å². The van der Waals surface area contributed by atoms with Crippen molar-refractivity contribution in [1.29, 1.82) is 0 Å². The Labute approximate surface area is 217 Å². The fourth-order valence-corrected chi connectivity index (χ4v) is 4.05. The molecular weight excluding hydrogens is 470 g/mol. The molecule has 0 aliphatic carbocycles. The van der Waals surface area contributed by atoms with E-state index in [1.165, 1.54) is 0 Å². The van der Waals surface area contributed by atoms with E-state index < -0.39 is 11.7 Å². The van der Waals surface area contributed by atoms with Gasteiger partial charge in [-0.1, -0.05) is 30.3 Å². The first-order valence-corrected chi connectivity index (χ1v) is 12.2. The number of nitrogens with one attached hydrogen (secondary N) is 2. The Morgan fingerprint density at radius 3 is 2.27 bits per heavy atom. The van der Waals surface area contributed by atoms with E-state index in [2.05, 4.69) is 32.7 Å². The molecule has 0 spiro atoms. The fraction of sp³-hybridized carbons (Fsp3) is 0.321. The van der Waals surface area contributed by atoms with Gasteiger partial charge < -0.3 is 24.6 Å². The third-order valence-electron chi connectivity index (χ3n) is 5.75. The van der Waals surface area contributed by atoms with E-state index in [1.807, 2.05) is 42.5 Å². The van der Waals surface area contributed by atoms with Crippen LogP contribution in [0.5, 0.6) is 5.75 Å². The average Bonchev–Trinajstić information content (AvgIpc) is 2.88. The number of carbonyl (C=O) groups is 2. The topological polar surface area (TPSA) is 96.0 Å². The number of piperazine rings is 1. The Morgan fingerprint density at radius 2 is 1.59 bits per heavy atom. The van der Waals surface area contributed by atoms with Crippen LogP contribution in [-0.2, 0) is 4.74 Å². The molecule has 1 aromatic heterocycles. The van der Waals surface area contributed by atoms with Gasteiger partial charge in [0.05, 0.1) is 18.5 Å². The van der Waals surface area contributed by atoms with Crippen LogP contribution in [0.3, 0.4) is 0 Å². The minimum Gasteiger partial charge on any atom is -0.495 e. The van der Waals surface area contributed by atoms with E-state index in [1.54, 1.807) is 44.9 Å². The van der Waals surface area contributed by atoms with Crippen molar-refractivity contribution in [2.75, 3.05) is 48.8 Å². The van der Waals surface area contributed by atoms with E-state index in [0.717, 1.165) is 18.8 Å². The molecule has 3 aromatic rings. The summed E-state index contributed by atoms with van der Waals surface area (Å²) in [5.74, 6) is 0.813. The largest absolute Gasteiger partial charge is 0.495 e. The van der Waals surface area contributed by atoms with Crippen LogP contribution < -0.4 is 20.3 Å². The van der Waals surface area contributed by atoms with Crippen LogP contribution in [0.15, 0.2) is 66.7 Å². The molecule has 2 heterocycles. The predicted octanol–water partition coefficient (Wildman–Crippen LogP) is 5.14. The standard InChI is InChI=1S/C28H33N5O4/c1-28(2,3)37-27(35)29-20-18-23(31-25(19-20)30-22-12-8-9-13-24(22)36-4)26(34)33-16-14-32(15-17-33)21-10-6-5-7-11-21/h5-13,18-19H,14-17H2,1-4H3,(H2,29,30,31,35). The number of amides is 2. The van der Waals surface area contributed by atoms with Crippen LogP contribution in [0.4, 0.5) is 27.7 Å². The molecule has 1 aliphatic rings. The lowest BCUT2D eigenvalue weighted by molar-refractivity contribution is 0.0634. The van der Waals surface area contributed by atoms with Gasteiger partial charge >= 0.3 is 6.09 Å². The van der Waals surface area contributed by atoms with Gasteiger partial charge in [-0.3, -0.25) is 10.1 Å². The van der Waals surface area contributed by atoms with Crippen molar-refractivity contribution in [3.63, 3.8) is 0 Å². The number of hydrogen-bond acceptors (Lipinski definition) is 7. The monoisotopic (exact) mass is 503 g/mol.